The molecule has 1 saturated carbocycles. The molecule has 1 aromatic rings. The lowest BCUT2D eigenvalue weighted by molar-refractivity contribution is -0.109. The first-order valence-electron chi connectivity index (χ1n) is 7.95. The summed E-state index contributed by atoms with van der Waals surface area (Å²) in [6.45, 7) is 1.84. The fourth-order valence-electron chi connectivity index (χ4n) is 3.16. The van der Waals surface area contributed by atoms with Crippen molar-refractivity contribution in [2.24, 2.45) is 11.8 Å². The third-order valence-electron chi connectivity index (χ3n) is 4.57. The predicted molar refractivity (Wildman–Crippen MR) is 80.2 cm³/mol. The molecule has 2 rings (SSSR count). The molecular formula is C18H21F5. The predicted octanol–water partition coefficient (Wildman–Crippen LogP) is 6.29. The van der Waals surface area contributed by atoms with Crippen molar-refractivity contribution in [3.8, 4) is 0 Å². The zero-order chi connectivity index (χ0) is 17.0. The van der Waals surface area contributed by atoms with E-state index < -0.39 is 12.0 Å². The zero-order valence-electron chi connectivity index (χ0n) is 13.1. The van der Waals surface area contributed by atoms with Gasteiger partial charge < -0.3 is 0 Å². The van der Waals surface area contributed by atoms with Crippen molar-refractivity contribution in [3.63, 3.8) is 0 Å². The summed E-state index contributed by atoms with van der Waals surface area (Å²) in [6.07, 6.45) is -0.0588. The smallest absolute Gasteiger partial charge is 0.207 e. The van der Waals surface area contributed by atoms with E-state index >= 15 is 0 Å². The van der Waals surface area contributed by atoms with E-state index in [9.17, 15) is 22.0 Å². The van der Waals surface area contributed by atoms with Gasteiger partial charge in [0.15, 0.2) is 5.83 Å². The molecule has 0 unspecified atom stereocenters. The molecule has 0 amide bonds. The van der Waals surface area contributed by atoms with E-state index in [4.69, 9.17) is 0 Å². The Labute approximate surface area is 133 Å². The number of allylic oxidation sites excluding steroid dienone is 2. The van der Waals surface area contributed by atoms with Gasteiger partial charge in [-0.1, -0.05) is 12.1 Å². The van der Waals surface area contributed by atoms with Crippen LogP contribution in [0.1, 0.15) is 43.2 Å². The molecular weight excluding hydrogens is 311 g/mol. The molecule has 5 heteroatoms. The monoisotopic (exact) mass is 332 g/mol. The van der Waals surface area contributed by atoms with E-state index in [2.05, 4.69) is 0 Å². The van der Waals surface area contributed by atoms with Gasteiger partial charge >= 0.3 is 6.18 Å². The second-order valence-corrected chi connectivity index (χ2v) is 6.43. The number of hydrogen-bond acceptors (Lipinski definition) is 0. The third kappa shape index (κ3) is 5.33. The minimum Gasteiger partial charge on any atom is -0.207 e. The van der Waals surface area contributed by atoms with Crippen molar-refractivity contribution in [2.75, 3.05) is 0 Å². The van der Waals surface area contributed by atoms with Crippen LogP contribution in [0.3, 0.4) is 0 Å². The Morgan fingerprint density at radius 3 is 2.39 bits per heavy atom. The number of aryl methyl sites for hydroxylation is 2. The molecule has 1 fully saturated rings. The quantitative estimate of drug-likeness (QED) is 0.569. The van der Waals surface area contributed by atoms with Gasteiger partial charge in [0.25, 0.3) is 0 Å². The highest BCUT2D eigenvalue weighted by Gasteiger charge is 2.35. The summed E-state index contributed by atoms with van der Waals surface area (Å²) in [5.41, 5.74) is 1.56. The molecule has 128 valence electrons. The summed E-state index contributed by atoms with van der Waals surface area (Å²) in [6, 6.07) is 5.18. The Morgan fingerprint density at radius 1 is 1.17 bits per heavy atom. The molecule has 23 heavy (non-hydrogen) atoms. The third-order valence-corrected chi connectivity index (χ3v) is 4.57. The van der Waals surface area contributed by atoms with E-state index in [-0.39, 0.29) is 11.7 Å². The van der Waals surface area contributed by atoms with Gasteiger partial charge in [0.2, 0.25) is 0 Å². The van der Waals surface area contributed by atoms with E-state index in [1.807, 2.05) is 13.0 Å². The second-order valence-electron chi connectivity index (χ2n) is 6.43. The number of alkyl halides is 3. The highest BCUT2D eigenvalue weighted by molar-refractivity contribution is 5.23. The van der Waals surface area contributed by atoms with E-state index in [1.54, 1.807) is 6.07 Å². The van der Waals surface area contributed by atoms with Gasteiger partial charge in [0.1, 0.15) is 5.82 Å². The Hall–Kier alpha value is -1.39. The van der Waals surface area contributed by atoms with Crippen LogP contribution in [0.25, 0.3) is 0 Å². The summed E-state index contributed by atoms with van der Waals surface area (Å²) in [5.74, 6) is -2.16. The topological polar surface area (TPSA) is 0 Å². The van der Waals surface area contributed by atoms with Gasteiger partial charge in [0.05, 0.1) is 0 Å². The number of hydrogen-bond donors (Lipinski definition) is 0. The summed E-state index contributed by atoms with van der Waals surface area (Å²) in [7, 11) is 0. The zero-order valence-corrected chi connectivity index (χ0v) is 13.1. The van der Waals surface area contributed by atoms with Crippen molar-refractivity contribution in [2.45, 2.75) is 51.6 Å². The van der Waals surface area contributed by atoms with Crippen molar-refractivity contribution < 1.29 is 22.0 Å². The first-order chi connectivity index (χ1) is 10.8. The lowest BCUT2D eigenvalue weighted by atomic mass is 9.79. The molecule has 0 aromatic heterocycles. The molecule has 1 aromatic carbocycles. The lowest BCUT2D eigenvalue weighted by Crippen LogP contribution is -2.16. The van der Waals surface area contributed by atoms with Gasteiger partial charge in [0, 0.05) is 0 Å². The van der Waals surface area contributed by atoms with Crippen LogP contribution in [0.5, 0.6) is 0 Å². The van der Waals surface area contributed by atoms with Crippen LogP contribution in [0.15, 0.2) is 30.1 Å². The molecule has 1 aliphatic carbocycles. The average Bonchev–Trinajstić information content (AvgIpc) is 2.47. The van der Waals surface area contributed by atoms with Crippen LogP contribution >= 0.6 is 0 Å². The van der Waals surface area contributed by atoms with Gasteiger partial charge in [-0.3, -0.25) is 0 Å². The highest BCUT2D eigenvalue weighted by Crippen LogP contribution is 2.35. The normalized spacial score (nSPS) is 23.1. The molecule has 0 aliphatic heterocycles. The van der Waals surface area contributed by atoms with Crippen LogP contribution in [0.2, 0.25) is 0 Å². The summed E-state index contributed by atoms with van der Waals surface area (Å²) < 4.78 is 63.2. The SMILES string of the molecule is Cc1ccc(CCC2CCC(C=C(F)C(F)(F)F)CC2)c(F)c1. The molecule has 0 saturated heterocycles. The average molecular weight is 332 g/mol. The number of benzene rings is 1. The number of halogens is 5. The van der Waals surface area contributed by atoms with Crippen LogP contribution in [-0.2, 0) is 6.42 Å². The van der Waals surface area contributed by atoms with Crippen LogP contribution in [0, 0.1) is 24.6 Å². The summed E-state index contributed by atoms with van der Waals surface area (Å²) in [5, 5.41) is 0. The van der Waals surface area contributed by atoms with Gasteiger partial charge in [-0.05, 0) is 80.6 Å². The Morgan fingerprint density at radius 2 is 1.83 bits per heavy atom. The van der Waals surface area contributed by atoms with Gasteiger partial charge in [-0.25, -0.2) is 8.78 Å². The fourth-order valence-corrected chi connectivity index (χ4v) is 3.16. The maximum atomic E-state index is 13.8. The first kappa shape index (κ1) is 18.0. The maximum Gasteiger partial charge on any atom is 0.442 e. The van der Waals surface area contributed by atoms with E-state index in [0.717, 1.165) is 30.9 Å². The molecule has 0 N–H and O–H groups in total. The van der Waals surface area contributed by atoms with Crippen molar-refractivity contribution in [1.82, 2.24) is 0 Å². The standard InChI is InChI=1S/C18H21F5/c1-12-2-8-15(16(19)10-12)9-7-13-3-5-14(6-4-13)11-17(20)18(21,22)23/h2,8,10-11,13-14H,3-7,9H2,1H3. The molecule has 0 heterocycles. The molecule has 0 bridgehead atoms. The van der Waals surface area contributed by atoms with Gasteiger partial charge in [-0.15, -0.1) is 0 Å². The van der Waals surface area contributed by atoms with Crippen LogP contribution in [-0.4, -0.2) is 6.18 Å². The lowest BCUT2D eigenvalue weighted by Gasteiger charge is -2.27. The van der Waals surface area contributed by atoms with Crippen molar-refractivity contribution >= 4 is 0 Å². The maximum absolute atomic E-state index is 13.8. The Bertz CT molecular complexity index is 551. The minimum absolute atomic E-state index is 0.200. The minimum atomic E-state index is -4.88. The van der Waals surface area contributed by atoms with Gasteiger partial charge in [-0.2, -0.15) is 13.2 Å². The molecule has 0 nitrogen and oxygen atoms in total. The van der Waals surface area contributed by atoms with E-state index in [1.165, 1.54) is 6.07 Å². The largest absolute Gasteiger partial charge is 0.442 e. The molecule has 0 spiro atoms. The molecule has 0 atom stereocenters. The highest BCUT2D eigenvalue weighted by atomic mass is 19.4. The van der Waals surface area contributed by atoms with E-state index in [0.29, 0.717) is 30.7 Å². The van der Waals surface area contributed by atoms with Crippen LogP contribution in [0.4, 0.5) is 22.0 Å². The number of rotatable bonds is 4. The first-order valence-corrected chi connectivity index (χ1v) is 7.95. The molecule has 0 radical (unpaired) electrons. The second kappa shape index (κ2) is 7.45. The van der Waals surface area contributed by atoms with Crippen molar-refractivity contribution in [3.05, 3.63) is 47.0 Å². The Kier molecular flexibility index (Phi) is 5.82. The molecule has 1 aliphatic rings. The van der Waals surface area contributed by atoms with Crippen molar-refractivity contribution in [1.29, 1.82) is 0 Å². The summed E-state index contributed by atoms with van der Waals surface area (Å²) >= 11 is 0. The Balaban J connectivity index is 1.81. The summed E-state index contributed by atoms with van der Waals surface area (Å²) in [4.78, 5) is 0. The fraction of sp³-hybridized carbons (Fsp3) is 0.556. The van der Waals surface area contributed by atoms with Crippen LogP contribution < -0.4 is 0 Å².